The third-order valence-electron chi connectivity index (χ3n) is 3.21. The van der Waals surface area contributed by atoms with Gasteiger partial charge in [0.05, 0.1) is 0 Å². The first-order valence-corrected chi connectivity index (χ1v) is 7.20. The van der Waals surface area contributed by atoms with Gasteiger partial charge in [0.15, 0.2) is 5.54 Å². The van der Waals surface area contributed by atoms with E-state index in [4.69, 9.17) is 4.84 Å². The van der Waals surface area contributed by atoms with E-state index in [1.807, 2.05) is 0 Å². The van der Waals surface area contributed by atoms with Crippen molar-refractivity contribution in [3.05, 3.63) is 11.8 Å². The Bertz CT molecular complexity index is 382. The zero-order chi connectivity index (χ0) is 15.0. The lowest BCUT2D eigenvalue weighted by Crippen LogP contribution is -2.55. The summed E-state index contributed by atoms with van der Waals surface area (Å²) in [6, 6.07) is 0. The number of amides is 2. The molecule has 0 aromatic heterocycles. The van der Waals surface area contributed by atoms with Crippen LogP contribution in [0.25, 0.3) is 0 Å². The van der Waals surface area contributed by atoms with Crippen LogP contribution in [0, 0.1) is 0 Å². The number of rotatable bonds is 7. The molecule has 0 bridgehead atoms. The third kappa shape index (κ3) is 5.21. The second-order valence-corrected chi connectivity index (χ2v) is 5.33. The van der Waals surface area contributed by atoms with Gasteiger partial charge in [-0.25, -0.2) is 0 Å². The second-order valence-electron chi connectivity index (χ2n) is 5.33. The summed E-state index contributed by atoms with van der Waals surface area (Å²) < 4.78 is 0. The number of hydrogen-bond donors (Lipinski definition) is 3. The molecule has 0 aliphatic carbocycles. The molecular formula is C14H25N3O3. The van der Waals surface area contributed by atoms with Gasteiger partial charge >= 0.3 is 0 Å². The van der Waals surface area contributed by atoms with E-state index >= 15 is 0 Å². The Kier molecular flexibility index (Phi) is 6.51. The van der Waals surface area contributed by atoms with Crippen LogP contribution < -0.4 is 16.3 Å². The fourth-order valence-corrected chi connectivity index (χ4v) is 1.97. The lowest BCUT2D eigenvalue weighted by atomic mass is 10.0. The van der Waals surface area contributed by atoms with Crippen LogP contribution in [-0.2, 0) is 14.4 Å². The Hall–Kier alpha value is -1.56. The fraction of sp³-hybridized carbons (Fsp3) is 0.714. The molecular weight excluding hydrogens is 258 g/mol. The minimum Gasteiger partial charge on any atom is -0.412 e. The van der Waals surface area contributed by atoms with E-state index in [0.29, 0.717) is 12.2 Å². The highest BCUT2D eigenvalue weighted by Crippen LogP contribution is 2.17. The van der Waals surface area contributed by atoms with Gasteiger partial charge in [0, 0.05) is 6.42 Å². The minimum absolute atomic E-state index is 0.168. The summed E-state index contributed by atoms with van der Waals surface area (Å²) in [7, 11) is 0. The van der Waals surface area contributed by atoms with Crippen molar-refractivity contribution in [3.63, 3.8) is 0 Å². The monoisotopic (exact) mass is 283 g/mol. The molecule has 0 spiro atoms. The lowest BCUT2D eigenvalue weighted by Gasteiger charge is -2.19. The molecule has 0 saturated carbocycles. The van der Waals surface area contributed by atoms with Gasteiger partial charge in [-0.15, -0.1) is 5.48 Å². The molecule has 1 atom stereocenters. The molecule has 20 heavy (non-hydrogen) atoms. The molecule has 0 fully saturated rings. The summed E-state index contributed by atoms with van der Waals surface area (Å²) in [4.78, 5) is 28.5. The number of hydrogen-bond acceptors (Lipinski definition) is 4. The highest BCUT2D eigenvalue weighted by molar-refractivity contribution is 5.90. The van der Waals surface area contributed by atoms with Crippen LogP contribution in [0.1, 0.15) is 59.3 Å². The number of nitrogens with one attached hydrogen (secondary N) is 3. The van der Waals surface area contributed by atoms with Crippen LogP contribution in [0.2, 0.25) is 0 Å². The molecule has 114 valence electrons. The summed E-state index contributed by atoms with van der Waals surface area (Å²) in [5.74, 6) is 0.108. The summed E-state index contributed by atoms with van der Waals surface area (Å²) in [6.45, 7) is 5.58. The normalized spacial score (nSPS) is 21.1. The number of carbonyl (C=O) groups is 2. The molecule has 0 saturated heterocycles. The van der Waals surface area contributed by atoms with E-state index < -0.39 is 5.54 Å². The Morgan fingerprint density at radius 1 is 1.25 bits per heavy atom. The molecule has 6 nitrogen and oxygen atoms in total. The summed E-state index contributed by atoms with van der Waals surface area (Å²) in [5, 5.41) is 0. The second kappa shape index (κ2) is 7.89. The molecule has 0 radical (unpaired) electrons. The van der Waals surface area contributed by atoms with Crippen LogP contribution in [0.4, 0.5) is 0 Å². The molecule has 3 N–H and O–H groups in total. The van der Waals surface area contributed by atoms with Crippen molar-refractivity contribution in [2.45, 2.75) is 64.8 Å². The predicted octanol–water partition coefficient (Wildman–Crippen LogP) is 1.69. The standard InChI is InChI=1S/C14H25N3O3/c1-4-5-6-7-8-9-12(18)15-16-13(19)14(3)10-11(2)20-17-14/h10,17H,4-9H2,1-3H3,(H,15,18)(H,16,19). The maximum Gasteiger partial charge on any atom is 0.265 e. The van der Waals surface area contributed by atoms with Gasteiger partial charge in [0.1, 0.15) is 5.76 Å². The van der Waals surface area contributed by atoms with Crippen molar-refractivity contribution >= 4 is 11.8 Å². The van der Waals surface area contributed by atoms with E-state index in [9.17, 15) is 9.59 Å². The first-order chi connectivity index (χ1) is 9.48. The van der Waals surface area contributed by atoms with Gasteiger partial charge in [-0.1, -0.05) is 32.6 Å². The SMILES string of the molecule is CCCCCCCC(=O)NNC(=O)C1(C)C=C(C)ON1. The smallest absolute Gasteiger partial charge is 0.265 e. The van der Waals surface area contributed by atoms with Gasteiger partial charge < -0.3 is 4.84 Å². The third-order valence-corrected chi connectivity index (χ3v) is 3.21. The summed E-state index contributed by atoms with van der Waals surface area (Å²) in [6.07, 6.45) is 7.53. The number of hydrazine groups is 1. The van der Waals surface area contributed by atoms with E-state index in [-0.39, 0.29) is 11.8 Å². The number of carbonyl (C=O) groups excluding carboxylic acids is 2. The molecule has 0 aromatic carbocycles. The quantitative estimate of drug-likeness (QED) is 0.491. The van der Waals surface area contributed by atoms with Crippen LogP contribution in [-0.4, -0.2) is 17.4 Å². The van der Waals surface area contributed by atoms with E-state index in [0.717, 1.165) is 19.3 Å². The Morgan fingerprint density at radius 3 is 2.55 bits per heavy atom. The topological polar surface area (TPSA) is 79.5 Å². The zero-order valence-electron chi connectivity index (χ0n) is 12.5. The number of allylic oxidation sites excluding steroid dienone is 1. The number of unbranched alkanes of at least 4 members (excludes halogenated alkanes) is 4. The summed E-state index contributed by atoms with van der Waals surface area (Å²) in [5.41, 5.74) is 6.51. The van der Waals surface area contributed by atoms with Crippen molar-refractivity contribution in [2.75, 3.05) is 0 Å². The van der Waals surface area contributed by atoms with Crippen molar-refractivity contribution in [1.82, 2.24) is 16.3 Å². The van der Waals surface area contributed by atoms with Crippen molar-refractivity contribution in [3.8, 4) is 0 Å². The molecule has 1 rings (SSSR count). The van der Waals surface area contributed by atoms with Crippen LogP contribution in [0.3, 0.4) is 0 Å². The van der Waals surface area contributed by atoms with Crippen LogP contribution in [0.15, 0.2) is 11.8 Å². The molecule has 1 aliphatic rings. The van der Waals surface area contributed by atoms with Gasteiger partial charge in [-0.05, 0) is 26.3 Å². The fourth-order valence-electron chi connectivity index (χ4n) is 1.97. The van der Waals surface area contributed by atoms with Gasteiger partial charge in [-0.2, -0.15) is 0 Å². The van der Waals surface area contributed by atoms with Crippen molar-refractivity contribution in [1.29, 1.82) is 0 Å². The zero-order valence-corrected chi connectivity index (χ0v) is 12.5. The predicted molar refractivity (Wildman–Crippen MR) is 76.0 cm³/mol. The van der Waals surface area contributed by atoms with E-state index in [2.05, 4.69) is 23.3 Å². The van der Waals surface area contributed by atoms with Gasteiger partial charge in [-0.3, -0.25) is 20.4 Å². The van der Waals surface area contributed by atoms with Crippen molar-refractivity contribution in [2.24, 2.45) is 0 Å². The van der Waals surface area contributed by atoms with Crippen LogP contribution >= 0.6 is 0 Å². The maximum atomic E-state index is 11.9. The van der Waals surface area contributed by atoms with Gasteiger partial charge in [0.2, 0.25) is 5.91 Å². The molecule has 2 amide bonds. The van der Waals surface area contributed by atoms with Gasteiger partial charge in [0.25, 0.3) is 5.91 Å². The molecule has 0 aromatic rings. The average Bonchev–Trinajstić information content (AvgIpc) is 2.77. The minimum atomic E-state index is -0.946. The lowest BCUT2D eigenvalue weighted by molar-refractivity contribution is -0.133. The first-order valence-electron chi connectivity index (χ1n) is 7.20. The Labute approximate surface area is 120 Å². The number of hydroxylamine groups is 1. The van der Waals surface area contributed by atoms with E-state index in [1.165, 1.54) is 12.8 Å². The van der Waals surface area contributed by atoms with E-state index in [1.54, 1.807) is 19.9 Å². The molecule has 1 heterocycles. The molecule has 1 aliphatic heterocycles. The first kappa shape index (κ1) is 16.5. The van der Waals surface area contributed by atoms with Crippen LogP contribution in [0.5, 0.6) is 0 Å². The maximum absolute atomic E-state index is 11.9. The highest BCUT2D eigenvalue weighted by atomic mass is 16.7. The Morgan fingerprint density at radius 2 is 1.95 bits per heavy atom. The average molecular weight is 283 g/mol. The van der Waals surface area contributed by atoms with Crippen molar-refractivity contribution < 1.29 is 14.4 Å². The molecule has 1 unspecified atom stereocenters. The molecule has 6 heteroatoms. The Balaban J connectivity index is 2.19. The largest absolute Gasteiger partial charge is 0.412 e. The summed E-state index contributed by atoms with van der Waals surface area (Å²) >= 11 is 0. The highest BCUT2D eigenvalue weighted by Gasteiger charge is 2.36.